The van der Waals surface area contributed by atoms with E-state index in [4.69, 9.17) is 11.6 Å². The van der Waals surface area contributed by atoms with E-state index < -0.39 is 0 Å². The molecule has 0 saturated heterocycles. The van der Waals surface area contributed by atoms with Crippen molar-refractivity contribution < 1.29 is 4.79 Å². The lowest BCUT2D eigenvalue weighted by Gasteiger charge is -2.11. The van der Waals surface area contributed by atoms with E-state index in [9.17, 15) is 4.79 Å². The first-order valence-corrected chi connectivity index (χ1v) is 5.81. The van der Waals surface area contributed by atoms with E-state index in [1.54, 1.807) is 0 Å². The molecule has 1 saturated carbocycles. The van der Waals surface area contributed by atoms with Gasteiger partial charge in [0.15, 0.2) is 0 Å². The Hall–Kier alpha value is -0.340. The first-order chi connectivity index (χ1) is 6.68. The number of halogens is 2. The lowest BCUT2D eigenvalue weighted by atomic mass is 9.98. The number of carbonyl (C=O) groups is 1. The lowest BCUT2D eigenvalue weighted by molar-refractivity contribution is -0.117. The fourth-order valence-electron chi connectivity index (χ4n) is 1.92. The standard InChI is InChI=1S/C11H10BrClO/c12-10-3-1-2-9(11(10)13)7-4-5-8(14)6-7/h1-3,7H,4-6H2. The van der Waals surface area contributed by atoms with E-state index in [-0.39, 0.29) is 0 Å². The molecule has 74 valence electrons. The van der Waals surface area contributed by atoms with Crippen molar-refractivity contribution in [2.75, 3.05) is 0 Å². The van der Waals surface area contributed by atoms with Gasteiger partial charge in [0.25, 0.3) is 0 Å². The molecular formula is C11H10BrClO. The van der Waals surface area contributed by atoms with Crippen LogP contribution in [-0.2, 0) is 4.79 Å². The molecule has 0 radical (unpaired) electrons. The van der Waals surface area contributed by atoms with E-state index in [1.165, 1.54) is 0 Å². The van der Waals surface area contributed by atoms with Crippen molar-refractivity contribution >= 4 is 33.3 Å². The minimum Gasteiger partial charge on any atom is -0.300 e. The predicted octanol–water partition coefficient (Wildman–Crippen LogP) is 3.94. The monoisotopic (exact) mass is 272 g/mol. The van der Waals surface area contributed by atoms with Crippen molar-refractivity contribution in [1.82, 2.24) is 0 Å². The summed E-state index contributed by atoms with van der Waals surface area (Å²) in [7, 11) is 0. The summed E-state index contributed by atoms with van der Waals surface area (Å²) in [5, 5.41) is 0.757. The minimum absolute atomic E-state index is 0.326. The average molecular weight is 274 g/mol. The summed E-state index contributed by atoms with van der Waals surface area (Å²) in [6, 6.07) is 5.90. The third kappa shape index (κ3) is 1.86. The molecule has 1 aliphatic rings. The van der Waals surface area contributed by atoms with Gasteiger partial charge >= 0.3 is 0 Å². The highest BCUT2D eigenvalue weighted by molar-refractivity contribution is 9.10. The fourth-order valence-corrected chi connectivity index (χ4v) is 2.58. The number of ketones is 1. The third-order valence-corrected chi connectivity index (χ3v) is 3.98. The maximum atomic E-state index is 11.2. The van der Waals surface area contributed by atoms with Crippen molar-refractivity contribution in [1.29, 1.82) is 0 Å². The highest BCUT2D eigenvalue weighted by atomic mass is 79.9. The summed E-state index contributed by atoms with van der Waals surface area (Å²) in [4.78, 5) is 11.2. The Morgan fingerprint density at radius 1 is 1.43 bits per heavy atom. The van der Waals surface area contributed by atoms with Crippen LogP contribution in [0.1, 0.15) is 30.7 Å². The third-order valence-electron chi connectivity index (χ3n) is 2.67. The van der Waals surface area contributed by atoms with Crippen molar-refractivity contribution in [3.8, 4) is 0 Å². The summed E-state index contributed by atoms with van der Waals surface area (Å²) in [6.07, 6.45) is 2.29. The molecule has 0 aromatic heterocycles. The van der Waals surface area contributed by atoms with Gasteiger partial charge < -0.3 is 0 Å². The second-order valence-corrected chi connectivity index (χ2v) is 4.85. The molecule has 0 amide bonds. The number of carbonyl (C=O) groups excluding carboxylic acids is 1. The summed E-state index contributed by atoms with van der Waals surface area (Å²) in [5.74, 6) is 0.679. The molecular weight excluding hydrogens is 263 g/mol. The normalized spacial score (nSPS) is 21.6. The Morgan fingerprint density at radius 3 is 2.86 bits per heavy atom. The number of benzene rings is 1. The second kappa shape index (κ2) is 4.03. The maximum absolute atomic E-state index is 11.2. The SMILES string of the molecule is O=C1CCC(c2cccc(Br)c2Cl)C1. The van der Waals surface area contributed by atoms with Gasteiger partial charge in [-0.05, 0) is 39.9 Å². The van der Waals surface area contributed by atoms with Crippen LogP contribution in [0.5, 0.6) is 0 Å². The Kier molecular flexibility index (Phi) is 2.93. The van der Waals surface area contributed by atoms with Crippen molar-refractivity contribution in [2.24, 2.45) is 0 Å². The van der Waals surface area contributed by atoms with Crippen LogP contribution in [0.15, 0.2) is 22.7 Å². The van der Waals surface area contributed by atoms with Crippen LogP contribution in [0, 0.1) is 0 Å². The summed E-state index contributed by atoms with van der Waals surface area (Å²) >= 11 is 9.55. The number of hydrogen-bond donors (Lipinski definition) is 0. The Morgan fingerprint density at radius 2 is 2.21 bits per heavy atom. The quantitative estimate of drug-likeness (QED) is 0.757. The van der Waals surface area contributed by atoms with Gasteiger partial charge in [0, 0.05) is 17.3 Å². The molecule has 14 heavy (non-hydrogen) atoms. The molecule has 1 unspecified atom stereocenters. The molecule has 3 heteroatoms. The Balaban J connectivity index is 2.32. The van der Waals surface area contributed by atoms with E-state index >= 15 is 0 Å². The maximum Gasteiger partial charge on any atom is 0.133 e. The Labute approximate surface area is 96.6 Å². The van der Waals surface area contributed by atoms with Crippen LogP contribution in [0.25, 0.3) is 0 Å². The van der Waals surface area contributed by atoms with Crippen LogP contribution in [0.3, 0.4) is 0 Å². The minimum atomic E-state index is 0.326. The smallest absolute Gasteiger partial charge is 0.133 e. The molecule has 0 N–H and O–H groups in total. The number of rotatable bonds is 1. The van der Waals surface area contributed by atoms with E-state index in [2.05, 4.69) is 15.9 Å². The zero-order valence-electron chi connectivity index (χ0n) is 7.59. The first-order valence-electron chi connectivity index (χ1n) is 4.64. The molecule has 0 spiro atoms. The highest BCUT2D eigenvalue weighted by Gasteiger charge is 2.25. The van der Waals surface area contributed by atoms with Gasteiger partial charge in [-0.2, -0.15) is 0 Å². The van der Waals surface area contributed by atoms with E-state index in [0.717, 1.165) is 21.5 Å². The Bertz CT molecular complexity index is 376. The lowest BCUT2D eigenvalue weighted by Crippen LogP contribution is -1.95. The summed E-state index contributed by atoms with van der Waals surface area (Å²) < 4.78 is 0.913. The fraction of sp³-hybridized carbons (Fsp3) is 0.364. The topological polar surface area (TPSA) is 17.1 Å². The molecule has 1 nitrogen and oxygen atoms in total. The zero-order chi connectivity index (χ0) is 10.1. The number of Topliss-reactive ketones (excluding diaryl/α,β-unsaturated/α-hetero) is 1. The molecule has 2 rings (SSSR count). The van der Waals surface area contributed by atoms with Crippen LogP contribution in [0.2, 0.25) is 5.02 Å². The molecule has 0 heterocycles. The van der Waals surface area contributed by atoms with Crippen LogP contribution >= 0.6 is 27.5 Å². The van der Waals surface area contributed by atoms with Crippen molar-refractivity contribution in [3.63, 3.8) is 0 Å². The molecule has 1 aromatic rings. The zero-order valence-corrected chi connectivity index (χ0v) is 9.94. The largest absolute Gasteiger partial charge is 0.300 e. The molecule has 1 fully saturated rings. The summed E-state index contributed by atoms with van der Waals surface area (Å²) in [6.45, 7) is 0. The second-order valence-electron chi connectivity index (χ2n) is 3.62. The first kappa shape index (κ1) is 10.2. The van der Waals surface area contributed by atoms with Gasteiger partial charge in [-0.15, -0.1) is 0 Å². The average Bonchev–Trinajstić information content (AvgIpc) is 2.57. The van der Waals surface area contributed by atoms with Gasteiger partial charge in [0.2, 0.25) is 0 Å². The molecule has 1 atom stereocenters. The van der Waals surface area contributed by atoms with Crippen LogP contribution in [0.4, 0.5) is 0 Å². The van der Waals surface area contributed by atoms with Crippen LogP contribution in [-0.4, -0.2) is 5.78 Å². The van der Waals surface area contributed by atoms with Gasteiger partial charge in [-0.1, -0.05) is 23.7 Å². The number of hydrogen-bond acceptors (Lipinski definition) is 1. The van der Waals surface area contributed by atoms with Crippen LogP contribution < -0.4 is 0 Å². The van der Waals surface area contributed by atoms with E-state index in [0.29, 0.717) is 24.5 Å². The summed E-state index contributed by atoms with van der Waals surface area (Å²) in [5.41, 5.74) is 1.10. The molecule has 1 aromatic carbocycles. The highest BCUT2D eigenvalue weighted by Crippen LogP contribution is 2.38. The molecule has 0 aliphatic heterocycles. The van der Waals surface area contributed by atoms with Gasteiger partial charge in [0.05, 0.1) is 5.02 Å². The molecule has 0 bridgehead atoms. The molecule has 1 aliphatic carbocycles. The van der Waals surface area contributed by atoms with Gasteiger partial charge in [0.1, 0.15) is 5.78 Å². The van der Waals surface area contributed by atoms with E-state index in [1.807, 2.05) is 18.2 Å². The van der Waals surface area contributed by atoms with Gasteiger partial charge in [-0.25, -0.2) is 0 Å². The van der Waals surface area contributed by atoms with Gasteiger partial charge in [-0.3, -0.25) is 4.79 Å². The van der Waals surface area contributed by atoms with Crippen molar-refractivity contribution in [3.05, 3.63) is 33.3 Å². The van der Waals surface area contributed by atoms with Crippen molar-refractivity contribution in [2.45, 2.75) is 25.2 Å². The predicted molar refractivity (Wildman–Crippen MR) is 60.8 cm³/mol.